The van der Waals surface area contributed by atoms with Gasteiger partial charge in [-0.1, -0.05) is 35.7 Å². The minimum Gasteiger partial charge on any atom is -0.342 e. The minimum absolute atomic E-state index is 0.378. The highest BCUT2D eigenvalue weighted by atomic mass is 79.9. The van der Waals surface area contributed by atoms with Crippen LogP contribution in [-0.4, -0.2) is 29.2 Å². The molecule has 1 unspecified atom stereocenters. The van der Waals surface area contributed by atoms with Crippen LogP contribution >= 0.6 is 15.9 Å². The molecular weight excluding hydrogens is 278 g/mol. The van der Waals surface area contributed by atoms with Crippen molar-refractivity contribution in [3.63, 3.8) is 0 Å². The van der Waals surface area contributed by atoms with Crippen molar-refractivity contribution >= 4 is 21.8 Å². The summed E-state index contributed by atoms with van der Waals surface area (Å²) in [6.07, 6.45) is 8.28. The summed E-state index contributed by atoms with van der Waals surface area (Å²) in [5, 5.41) is 1.05. The van der Waals surface area contributed by atoms with Gasteiger partial charge in [0.15, 0.2) is 0 Å². The van der Waals surface area contributed by atoms with E-state index in [1.807, 2.05) is 0 Å². The van der Waals surface area contributed by atoms with E-state index in [9.17, 15) is 4.79 Å². The molecule has 2 nitrogen and oxygen atoms in total. The molecule has 2 fully saturated rings. The Labute approximate surface area is 113 Å². The fraction of sp³-hybridized carbons (Fsp3) is 0.929. The third-order valence-electron chi connectivity index (χ3n) is 4.57. The number of hydrogen-bond donors (Lipinski definition) is 0. The van der Waals surface area contributed by atoms with Crippen molar-refractivity contribution in [2.24, 2.45) is 11.3 Å². The molecular formula is C14H24BrNO. The number of amides is 1. The number of carbonyl (C=O) groups is 1. The van der Waals surface area contributed by atoms with Gasteiger partial charge in [0, 0.05) is 24.8 Å². The van der Waals surface area contributed by atoms with Crippen molar-refractivity contribution in [2.75, 3.05) is 18.4 Å². The molecule has 3 heteroatoms. The molecule has 0 bridgehead atoms. The summed E-state index contributed by atoms with van der Waals surface area (Å²) in [5.41, 5.74) is 0.378. The van der Waals surface area contributed by atoms with Crippen LogP contribution in [0, 0.1) is 11.3 Å². The lowest BCUT2D eigenvalue weighted by atomic mass is 9.88. The van der Waals surface area contributed by atoms with Crippen LogP contribution in [0.2, 0.25) is 0 Å². The van der Waals surface area contributed by atoms with E-state index in [-0.39, 0.29) is 0 Å². The van der Waals surface area contributed by atoms with Crippen molar-refractivity contribution in [1.29, 1.82) is 0 Å². The Hall–Kier alpha value is -0.0500. The maximum Gasteiger partial charge on any atom is 0.222 e. The molecule has 17 heavy (non-hydrogen) atoms. The summed E-state index contributed by atoms with van der Waals surface area (Å²) in [4.78, 5) is 14.3. The Morgan fingerprint density at radius 3 is 2.71 bits per heavy atom. The van der Waals surface area contributed by atoms with Crippen LogP contribution in [-0.2, 0) is 4.79 Å². The van der Waals surface area contributed by atoms with Gasteiger partial charge in [-0.2, -0.15) is 0 Å². The SMILES string of the molecule is CC1CCC(=O)N(CC2(CBr)CCCC2)CC1. The highest BCUT2D eigenvalue weighted by Gasteiger charge is 2.36. The van der Waals surface area contributed by atoms with Gasteiger partial charge in [-0.15, -0.1) is 0 Å². The van der Waals surface area contributed by atoms with Gasteiger partial charge in [-0.25, -0.2) is 0 Å². The van der Waals surface area contributed by atoms with Gasteiger partial charge in [0.1, 0.15) is 0 Å². The van der Waals surface area contributed by atoms with E-state index in [1.54, 1.807) is 0 Å². The number of nitrogens with zero attached hydrogens (tertiary/aromatic N) is 1. The van der Waals surface area contributed by atoms with E-state index in [4.69, 9.17) is 0 Å². The average molecular weight is 302 g/mol. The van der Waals surface area contributed by atoms with Gasteiger partial charge in [-0.3, -0.25) is 4.79 Å². The molecule has 1 atom stereocenters. The van der Waals surface area contributed by atoms with Gasteiger partial charge >= 0.3 is 0 Å². The second-order valence-electron chi connectivity index (χ2n) is 6.09. The summed E-state index contributed by atoms with van der Waals surface area (Å²) < 4.78 is 0. The average Bonchev–Trinajstić information content (AvgIpc) is 2.74. The van der Waals surface area contributed by atoms with Crippen LogP contribution in [0.3, 0.4) is 0 Å². The number of halogens is 1. The maximum absolute atomic E-state index is 12.1. The molecule has 0 aromatic rings. The van der Waals surface area contributed by atoms with E-state index < -0.39 is 0 Å². The van der Waals surface area contributed by atoms with Gasteiger partial charge in [-0.05, 0) is 37.0 Å². The molecule has 2 aliphatic rings. The number of likely N-dealkylation sites (tertiary alicyclic amines) is 1. The zero-order chi connectivity index (χ0) is 12.3. The van der Waals surface area contributed by atoms with Crippen LogP contribution in [0.15, 0.2) is 0 Å². The highest BCUT2D eigenvalue weighted by Crippen LogP contribution is 2.40. The Morgan fingerprint density at radius 2 is 2.06 bits per heavy atom. The van der Waals surface area contributed by atoms with Crippen LogP contribution in [0.25, 0.3) is 0 Å². The van der Waals surface area contributed by atoms with E-state index in [0.29, 0.717) is 17.2 Å². The van der Waals surface area contributed by atoms with E-state index in [1.165, 1.54) is 32.1 Å². The van der Waals surface area contributed by atoms with E-state index in [2.05, 4.69) is 27.8 Å². The summed E-state index contributed by atoms with van der Waals surface area (Å²) >= 11 is 3.67. The molecule has 1 saturated heterocycles. The third-order valence-corrected chi connectivity index (χ3v) is 5.76. The van der Waals surface area contributed by atoms with Crippen LogP contribution in [0.5, 0.6) is 0 Å². The van der Waals surface area contributed by atoms with E-state index >= 15 is 0 Å². The van der Waals surface area contributed by atoms with Crippen molar-refractivity contribution in [3.8, 4) is 0 Å². The molecule has 1 heterocycles. The van der Waals surface area contributed by atoms with Crippen molar-refractivity contribution in [1.82, 2.24) is 4.90 Å². The molecule has 1 aliphatic carbocycles. The summed E-state index contributed by atoms with van der Waals surface area (Å²) in [5.74, 6) is 1.11. The third kappa shape index (κ3) is 3.24. The van der Waals surface area contributed by atoms with Gasteiger partial charge in [0.05, 0.1) is 0 Å². The molecule has 0 N–H and O–H groups in total. The number of rotatable bonds is 3. The first kappa shape index (κ1) is 13.4. The Balaban J connectivity index is 1.98. The zero-order valence-corrected chi connectivity index (χ0v) is 12.5. The topological polar surface area (TPSA) is 20.3 Å². The number of hydrogen-bond acceptors (Lipinski definition) is 1. The number of carbonyl (C=O) groups excluding carboxylic acids is 1. The fourth-order valence-corrected chi connectivity index (χ4v) is 3.94. The summed E-state index contributed by atoms with van der Waals surface area (Å²) in [7, 11) is 0. The first-order valence-electron chi connectivity index (χ1n) is 6.99. The monoisotopic (exact) mass is 301 g/mol. The molecule has 0 aromatic heterocycles. The highest BCUT2D eigenvalue weighted by molar-refractivity contribution is 9.09. The number of alkyl halides is 1. The van der Waals surface area contributed by atoms with Crippen molar-refractivity contribution in [2.45, 2.75) is 51.9 Å². The fourth-order valence-electron chi connectivity index (χ4n) is 3.20. The van der Waals surface area contributed by atoms with Crippen molar-refractivity contribution in [3.05, 3.63) is 0 Å². The predicted octanol–water partition coefficient (Wildman–Crippen LogP) is 3.59. The van der Waals surface area contributed by atoms with Crippen molar-refractivity contribution < 1.29 is 4.79 Å². The molecule has 0 spiro atoms. The molecule has 98 valence electrons. The Bertz CT molecular complexity index is 273. The van der Waals surface area contributed by atoms with Gasteiger partial charge in [0.25, 0.3) is 0 Å². The standard InChI is InChI=1S/C14H24BrNO/c1-12-4-5-13(17)16(9-6-12)11-14(10-15)7-2-3-8-14/h12H,2-11H2,1H3. The largest absolute Gasteiger partial charge is 0.342 e. The molecule has 1 amide bonds. The van der Waals surface area contributed by atoms with Gasteiger partial charge < -0.3 is 4.90 Å². The molecule has 2 rings (SSSR count). The molecule has 0 aromatic carbocycles. The Morgan fingerprint density at radius 1 is 1.35 bits per heavy atom. The lowest BCUT2D eigenvalue weighted by Gasteiger charge is -2.33. The predicted molar refractivity (Wildman–Crippen MR) is 74.3 cm³/mol. The first-order chi connectivity index (χ1) is 8.15. The zero-order valence-electron chi connectivity index (χ0n) is 10.9. The van der Waals surface area contributed by atoms with Crippen LogP contribution < -0.4 is 0 Å². The second-order valence-corrected chi connectivity index (χ2v) is 6.65. The van der Waals surface area contributed by atoms with Crippen LogP contribution in [0.1, 0.15) is 51.9 Å². The lowest BCUT2D eigenvalue weighted by molar-refractivity contribution is -0.132. The van der Waals surface area contributed by atoms with Crippen LogP contribution in [0.4, 0.5) is 0 Å². The molecule has 0 radical (unpaired) electrons. The minimum atomic E-state index is 0.378. The molecule has 1 aliphatic heterocycles. The van der Waals surface area contributed by atoms with E-state index in [0.717, 1.165) is 31.3 Å². The normalized spacial score (nSPS) is 29.4. The lowest BCUT2D eigenvalue weighted by Crippen LogP contribution is -2.40. The Kier molecular flexibility index (Phi) is 4.51. The summed E-state index contributed by atoms with van der Waals surface area (Å²) in [6.45, 7) is 4.24. The first-order valence-corrected chi connectivity index (χ1v) is 8.11. The second kappa shape index (κ2) is 5.73. The maximum atomic E-state index is 12.1. The smallest absolute Gasteiger partial charge is 0.222 e. The van der Waals surface area contributed by atoms with Gasteiger partial charge in [0.2, 0.25) is 5.91 Å². The molecule has 1 saturated carbocycles. The quantitative estimate of drug-likeness (QED) is 0.730. The summed E-state index contributed by atoms with van der Waals surface area (Å²) in [6, 6.07) is 0.